The van der Waals surface area contributed by atoms with Crippen LogP contribution in [-0.2, 0) is 46.5 Å². The van der Waals surface area contributed by atoms with E-state index in [4.69, 9.17) is 9.47 Å². The van der Waals surface area contributed by atoms with E-state index >= 15 is 0 Å². The van der Waals surface area contributed by atoms with Gasteiger partial charge in [-0.2, -0.15) is 0 Å². The maximum Gasteiger partial charge on any atom is 0.408 e. The summed E-state index contributed by atoms with van der Waals surface area (Å²) in [6.07, 6.45) is 0.416. The number of benzene rings is 2. The lowest BCUT2D eigenvalue weighted by Crippen LogP contribution is -2.65. The molecule has 13 heteroatoms. The summed E-state index contributed by atoms with van der Waals surface area (Å²) in [5.74, 6) is -2.55. The van der Waals surface area contributed by atoms with Crippen LogP contribution in [0.2, 0.25) is 0 Å². The van der Waals surface area contributed by atoms with Crippen LogP contribution < -0.4 is 5.32 Å². The van der Waals surface area contributed by atoms with Gasteiger partial charge in [0.1, 0.15) is 42.9 Å². The van der Waals surface area contributed by atoms with E-state index < -0.39 is 65.5 Å². The summed E-state index contributed by atoms with van der Waals surface area (Å²) in [5, 5.41) is 2.69. The van der Waals surface area contributed by atoms with Gasteiger partial charge in [-0.15, -0.1) is 0 Å². The van der Waals surface area contributed by atoms with Gasteiger partial charge in [0.15, 0.2) is 0 Å². The highest BCUT2D eigenvalue weighted by Crippen LogP contribution is 2.25. The molecule has 0 saturated carbocycles. The standard InChI is InChI=1S/C41H59N5O8/c1-11-28(4)35(42-40(52)53-26-31-16-14-13-15-17-31)39(51)44(10)29(5)36(48)46-23-22-32(46)38(50)45(12-2)33(24-30-20-18-27(3)19-21-30)37(49)43(9)25-34(47)54-41(6,7)8/h13-21,28-29,32-33,35H,11-12,22-26H2,1-10H3,(H,42,52)/t28-,29-,32-,33-,35-/m0/s1. The van der Waals surface area contributed by atoms with Crippen molar-refractivity contribution >= 4 is 35.7 Å². The molecule has 2 aromatic rings. The summed E-state index contributed by atoms with van der Waals surface area (Å²) < 4.78 is 10.8. The third kappa shape index (κ3) is 11.8. The number of likely N-dealkylation sites (N-methyl/N-ethyl adjacent to an activating group) is 3. The Morgan fingerprint density at radius 2 is 1.54 bits per heavy atom. The van der Waals surface area contributed by atoms with Crippen LogP contribution in [-0.4, -0.2) is 119 Å². The lowest BCUT2D eigenvalue weighted by atomic mass is 9.95. The van der Waals surface area contributed by atoms with Crippen molar-refractivity contribution in [3.05, 3.63) is 71.3 Å². The molecule has 1 aliphatic rings. The molecule has 1 N–H and O–H groups in total. The van der Waals surface area contributed by atoms with Gasteiger partial charge < -0.3 is 34.4 Å². The van der Waals surface area contributed by atoms with Crippen LogP contribution in [0.3, 0.4) is 0 Å². The molecule has 5 amide bonds. The van der Waals surface area contributed by atoms with Gasteiger partial charge >= 0.3 is 12.1 Å². The maximum absolute atomic E-state index is 14.3. The molecule has 5 atom stereocenters. The Hall–Kier alpha value is -4.94. The number of ether oxygens (including phenoxy) is 2. The van der Waals surface area contributed by atoms with Crippen LogP contribution in [0.4, 0.5) is 4.79 Å². The van der Waals surface area contributed by atoms with Crippen LogP contribution in [0.1, 0.15) is 78.0 Å². The molecule has 0 radical (unpaired) electrons. The Morgan fingerprint density at radius 1 is 0.907 bits per heavy atom. The maximum atomic E-state index is 14.3. The molecule has 0 bridgehead atoms. The van der Waals surface area contributed by atoms with Gasteiger partial charge in [-0.3, -0.25) is 24.0 Å². The summed E-state index contributed by atoms with van der Waals surface area (Å²) in [7, 11) is 3.01. The average Bonchev–Trinajstić information content (AvgIpc) is 3.11. The predicted molar refractivity (Wildman–Crippen MR) is 205 cm³/mol. The molecule has 1 fully saturated rings. The second-order valence-electron chi connectivity index (χ2n) is 15.1. The second-order valence-corrected chi connectivity index (χ2v) is 15.1. The molecule has 0 unspecified atom stereocenters. The van der Waals surface area contributed by atoms with Crippen molar-refractivity contribution in [2.75, 3.05) is 33.7 Å². The zero-order valence-corrected chi connectivity index (χ0v) is 33.6. The molecule has 1 saturated heterocycles. The quantitative estimate of drug-likeness (QED) is 0.250. The van der Waals surface area contributed by atoms with E-state index in [0.717, 1.165) is 16.7 Å². The van der Waals surface area contributed by atoms with Crippen LogP contribution in [0.25, 0.3) is 0 Å². The van der Waals surface area contributed by atoms with Gasteiger partial charge in [-0.1, -0.05) is 80.4 Å². The average molecular weight is 750 g/mol. The Bertz CT molecular complexity index is 1610. The van der Waals surface area contributed by atoms with Gasteiger partial charge in [-0.05, 0) is 65.0 Å². The first-order chi connectivity index (χ1) is 25.4. The molecule has 3 rings (SSSR count). The fraction of sp³-hybridized carbons (Fsp3) is 0.561. The largest absolute Gasteiger partial charge is 0.459 e. The summed E-state index contributed by atoms with van der Waals surface area (Å²) in [6, 6.07) is 13.1. The van der Waals surface area contributed by atoms with Gasteiger partial charge in [0.2, 0.25) is 23.6 Å². The van der Waals surface area contributed by atoms with Gasteiger partial charge in [0.25, 0.3) is 0 Å². The second kappa shape index (κ2) is 19.4. The zero-order valence-electron chi connectivity index (χ0n) is 33.6. The number of nitrogens with one attached hydrogen (secondary N) is 1. The Kier molecular flexibility index (Phi) is 15.6. The van der Waals surface area contributed by atoms with Crippen LogP contribution in [0, 0.1) is 12.8 Å². The van der Waals surface area contributed by atoms with Crippen molar-refractivity contribution in [2.24, 2.45) is 5.92 Å². The Balaban J connectivity index is 1.76. The predicted octanol–water partition coefficient (Wildman–Crippen LogP) is 4.34. The van der Waals surface area contributed by atoms with Gasteiger partial charge in [0.05, 0.1) is 0 Å². The minimum Gasteiger partial charge on any atom is -0.459 e. The molecule has 0 aliphatic carbocycles. The van der Waals surface area contributed by atoms with Gasteiger partial charge in [0, 0.05) is 33.6 Å². The number of hydrogen-bond donors (Lipinski definition) is 1. The van der Waals surface area contributed by atoms with Crippen LogP contribution in [0.5, 0.6) is 0 Å². The molecular weight excluding hydrogens is 690 g/mol. The number of rotatable bonds is 16. The van der Waals surface area contributed by atoms with Gasteiger partial charge in [-0.25, -0.2) is 4.79 Å². The monoisotopic (exact) mass is 749 g/mol. The lowest BCUT2D eigenvalue weighted by Gasteiger charge is -2.45. The SMILES string of the molecule is CC[C@H](C)[C@H](NC(=O)OCc1ccccc1)C(=O)N(C)[C@@H](C)C(=O)N1CC[C@H]1C(=O)N(CC)[C@@H](Cc1ccc(C)cc1)C(=O)N(C)CC(=O)OC(C)(C)C. The number of alkyl carbamates (subject to hydrolysis) is 1. The number of carbonyl (C=O) groups is 6. The number of hydrogen-bond acceptors (Lipinski definition) is 8. The Labute approximate surface area is 320 Å². The van der Waals surface area contributed by atoms with Crippen molar-refractivity contribution in [3.63, 3.8) is 0 Å². The van der Waals surface area contributed by atoms with E-state index in [1.54, 1.807) is 34.6 Å². The molecule has 2 aromatic carbocycles. The number of carbonyl (C=O) groups excluding carboxylic acids is 6. The molecule has 0 spiro atoms. The molecule has 296 valence electrons. The van der Waals surface area contributed by atoms with E-state index in [9.17, 15) is 28.8 Å². The molecule has 1 aliphatic heterocycles. The third-order valence-corrected chi connectivity index (χ3v) is 9.84. The van der Waals surface area contributed by atoms with Crippen molar-refractivity contribution in [3.8, 4) is 0 Å². The van der Waals surface area contributed by atoms with Crippen molar-refractivity contribution < 1.29 is 38.2 Å². The first-order valence-corrected chi connectivity index (χ1v) is 18.8. The topological polar surface area (TPSA) is 146 Å². The van der Waals surface area contributed by atoms with Crippen molar-refractivity contribution in [1.29, 1.82) is 0 Å². The Morgan fingerprint density at radius 3 is 2.07 bits per heavy atom. The lowest BCUT2D eigenvalue weighted by molar-refractivity contribution is -0.162. The van der Waals surface area contributed by atoms with Crippen molar-refractivity contribution in [1.82, 2.24) is 24.9 Å². The highest BCUT2D eigenvalue weighted by molar-refractivity contribution is 5.96. The highest BCUT2D eigenvalue weighted by Gasteiger charge is 2.45. The van der Waals surface area contributed by atoms with Crippen LogP contribution >= 0.6 is 0 Å². The van der Waals surface area contributed by atoms with Crippen LogP contribution in [0.15, 0.2) is 54.6 Å². The summed E-state index contributed by atoms with van der Waals surface area (Å²) in [4.78, 5) is 86.9. The zero-order chi connectivity index (χ0) is 40.3. The number of likely N-dealkylation sites (tertiary alicyclic amines) is 1. The first-order valence-electron chi connectivity index (χ1n) is 18.8. The number of aryl methyl sites for hydroxylation is 1. The highest BCUT2D eigenvalue weighted by atomic mass is 16.6. The molecule has 1 heterocycles. The minimum absolute atomic E-state index is 0.0372. The third-order valence-electron chi connectivity index (χ3n) is 9.84. The van der Waals surface area contributed by atoms with Crippen molar-refractivity contribution in [2.45, 2.75) is 111 Å². The summed E-state index contributed by atoms with van der Waals surface area (Å²) in [6.45, 7) is 14.5. The minimum atomic E-state index is -0.958. The number of amides is 5. The van der Waals surface area contributed by atoms with E-state index in [1.807, 2.05) is 75.4 Å². The summed E-state index contributed by atoms with van der Waals surface area (Å²) in [5.41, 5.74) is 1.94. The van der Waals surface area contributed by atoms with E-state index in [1.165, 1.54) is 33.7 Å². The fourth-order valence-corrected chi connectivity index (χ4v) is 6.20. The number of esters is 1. The molecule has 13 nitrogen and oxygen atoms in total. The summed E-state index contributed by atoms with van der Waals surface area (Å²) >= 11 is 0. The van der Waals surface area contributed by atoms with E-state index in [0.29, 0.717) is 19.4 Å². The smallest absolute Gasteiger partial charge is 0.408 e. The first kappa shape index (κ1) is 43.5. The molecular formula is C41H59N5O8. The van der Waals surface area contributed by atoms with E-state index in [2.05, 4.69) is 5.32 Å². The molecule has 0 aromatic heterocycles. The van der Waals surface area contributed by atoms with E-state index in [-0.39, 0.29) is 32.0 Å². The molecule has 54 heavy (non-hydrogen) atoms. The normalized spacial score (nSPS) is 16.1. The fourth-order valence-electron chi connectivity index (χ4n) is 6.20. The number of nitrogens with zero attached hydrogens (tertiary/aromatic N) is 4.